The Hall–Kier alpha value is -1.92. The fraction of sp³-hybridized carbons (Fsp3) is 0.308. The van der Waals surface area contributed by atoms with Crippen LogP contribution >= 0.6 is 11.6 Å². The highest BCUT2D eigenvalue weighted by Crippen LogP contribution is 2.24. The Morgan fingerprint density at radius 1 is 1.55 bits per heavy atom. The van der Waals surface area contributed by atoms with Crippen molar-refractivity contribution in [1.29, 1.82) is 5.53 Å². The van der Waals surface area contributed by atoms with Crippen LogP contribution in [0.2, 0.25) is 5.02 Å². The second-order valence-corrected chi connectivity index (χ2v) is 4.93. The molecule has 1 aromatic carbocycles. The molecular formula is C13H15ClN4O2. The number of nitrogens with zero attached hydrogens (tertiary/aromatic N) is 1. The van der Waals surface area contributed by atoms with Gasteiger partial charge in [0.25, 0.3) is 0 Å². The third kappa shape index (κ3) is 3.34. The average molecular weight is 295 g/mol. The van der Waals surface area contributed by atoms with Gasteiger partial charge in [-0.25, -0.2) is 5.53 Å². The standard InChI is InChI=1S/C13H15ClN4O2/c14-10-4-2-1-3-9(10)12(18-15)7-16-8-5-11(13(19)20)17-6-8/h1-4,7-8,11,15-17H,5-6H2,(H,19,20)/b12-7-,18-15?/t8-,11-/m0/s1. The van der Waals surface area contributed by atoms with Crippen LogP contribution in [0.5, 0.6) is 0 Å². The van der Waals surface area contributed by atoms with Gasteiger partial charge < -0.3 is 15.7 Å². The molecule has 0 amide bonds. The van der Waals surface area contributed by atoms with E-state index in [-0.39, 0.29) is 6.04 Å². The summed E-state index contributed by atoms with van der Waals surface area (Å²) in [6.07, 6.45) is 2.09. The normalized spacial score (nSPS) is 22.6. The fourth-order valence-corrected chi connectivity index (χ4v) is 2.32. The topological polar surface area (TPSA) is 97.6 Å². The van der Waals surface area contributed by atoms with E-state index in [4.69, 9.17) is 22.2 Å². The summed E-state index contributed by atoms with van der Waals surface area (Å²) in [5, 5.41) is 18.9. The zero-order valence-corrected chi connectivity index (χ0v) is 11.4. The molecule has 2 rings (SSSR count). The van der Waals surface area contributed by atoms with Gasteiger partial charge in [-0.05, 0) is 12.5 Å². The molecule has 0 radical (unpaired) electrons. The number of carboxylic acid groups (broad SMARTS) is 1. The first-order chi connectivity index (χ1) is 9.61. The zero-order chi connectivity index (χ0) is 14.5. The Morgan fingerprint density at radius 2 is 2.30 bits per heavy atom. The highest BCUT2D eigenvalue weighted by Gasteiger charge is 2.28. The van der Waals surface area contributed by atoms with Crippen molar-refractivity contribution < 1.29 is 9.90 Å². The first-order valence-corrected chi connectivity index (χ1v) is 6.54. The van der Waals surface area contributed by atoms with Crippen LogP contribution in [0.4, 0.5) is 0 Å². The number of halogens is 1. The molecule has 20 heavy (non-hydrogen) atoms. The van der Waals surface area contributed by atoms with E-state index in [0.29, 0.717) is 29.2 Å². The summed E-state index contributed by atoms with van der Waals surface area (Å²) in [4.78, 5) is 10.8. The first kappa shape index (κ1) is 14.5. The fourth-order valence-electron chi connectivity index (χ4n) is 2.09. The van der Waals surface area contributed by atoms with Crippen LogP contribution in [-0.4, -0.2) is 29.7 Å². The molecule has 1 heterocycles. The molecule has 106 valence electrons. The third-order valence-corrected chi connectivity index (χ3v) is 3.48. The lowest BCUT2D eigenvalue weighted by atomic mass is 10.1. The summed E-state index contributed by atoms with van der Waals surface area (Å²) < 4.78 is 0. The van der Waals surface area contributed by atoms with Crippen molar-refractivity contribution in [1.82, 2.24) is 10.6 Å². The van der Waals surface area contributed by atoms with E-state index in [2.05, 4.69) is 15.7 Å². The molecule has 1 saturated heterocycles. The van der Waals surface area contributed by atoms with E-state index in [1.807, 2.05) is 6.07 Å². The van der Waals surface area contributed by atoms with Crippen LogP contribution in [0, 0.1) is 5.53 Å². The molecule has 1 aromatic rings. The first-order valence-electron chi connectivity index (χ1n) is 6.16. The molecule has 1 aliphatic rings. The Labute approximate surface area is 121 Å². The Morgan fingerprint density at radius 3 is 2.90 bits per heavy atom. The van der Waals surface area contributed by atoms with Crippen LogP contribution in [0.1, 0.15) is 12.0 Å². The van der Waals surface area contributed by atoms with Gasteiger partial charge in [-0.1, -0.05) is 29.8 Å². The highest BCUT2D eigenvalue weighted by atomic mass is 35.5. The van der Waals surface area contributed by atoms with Crippen LogP contribution < -0.4 is 10.6 Å². The summed E-state index contributed by atoms with van der Waals surface area (Å²) in [6, 6.07) is 6.60. The van der Waals surface area contributed by atoms with Crippen molar-refractivity contribution in [2.45, 2.75) is 18.5 Å². The summed E-state index contributed by atoms with van der Waals surface area (Å²) in [6.45, 7) is 0.557. The van der Waals surface area contributed by atoms with Gasteiger partial charge in [0.1, 0.15) is 11.7 Å². The molecule has 7 heteroatoms. The van der Waals surface area contributed by atoms with Gasteiger partial charge in [-0.3, -0.25) is 4.79 Å². The molecule has 0 aliphatic carbocycles. The van der Waals surface area contributed by atoms with Crippen molar-refractivity contribution in [3.8, 4) is 0 Å². The van der Waals surface area contributed by atoms with Gasteiger partial charge >= 0.3 is 5.97 Å². The number of aliphatic carboxylic acids is 1. The molecule has 0 bridgehead atoms. The summed E-state index contributed by atoms with van der Waals surface area (Å²) in [5.41, 5.74) is 8.30. The minimum atomic E-state index is -0.852. The number of benzene rings is 1. The van der Waals surface area contributed by atoms with Crippen molar-refractivity contribution in [3.63, 3.8) is 0 Å². The number of nitrogens with one attached hydrogen (secondary N) is 3. The van der Waals surface area contributed by atoms with E-state index in [0.717, 1.165) is 0 Å². The van der Waals surface area contributed by atoms with Crippen LogP contribution in [0.15, 0.2) is 35.6 Å². The van der Waals surface area contributed by atoms with E-state index in [1.165, 1.54) is 0 Å². The van der Waals surface area contributed by atoms with Crippen LogP contribution in [0.25, 0.3) is 5.70 Å². The lowest BCUT2D eigenvalue weighted by molar-refractivity contribution is -0.139. The van der Waals surface area contributed by atoms with E-state index in [1.54, 1.807) is 24.4 Å². The third-order valence-electron chi connectivity index (χ3n) is 3.15. The number of hydrogen-bond acceptors (Lipinski definition) is 5. The monoisotopic (exact) mass is 294 g/mol. The second-order valence-electron chi connectivity index (χ2n) is 4.52. The van der Waals surface area contributed by atoms with Crippen LogP contribution in [0.3, 0.4) is 0 Å². The zero-order valence-electron chi connectivity index (χ0n) is 10.6. The molecule has 1 fully saturated rings. The SMILES string of the molecule is N=N/C(=C\N[C@@H]1CN[C@H](C(=O)O)C1)c1ccccc1Cl. The molecule has 0 aromatic heterocycles. The van der Waals surface area contributed by atoms with Crippen molar-refractivity contribution in [3.05, 3.63) is 41.1 Å². The second kappa shape index (κ2) is 6.49. The lowest BCUT2D eigenvalue weighted by Gasteiger charge is -2.10. The lowest BCUT2D eigenvalue weighted by Crippen LogP contribution is -2.30. The Kier molecular flexibility index (Phi) is 4.70. The van der Waals surface area contributed by atoms with Gasteiger partial charge in [0.05, 0.1) is 5.02 Å². The number of carbonyl (C=O) groups is 1. The summed E-state index contributed by atoms with van der Waals surface area (Å²) >= 11 is 6.06. The maximum atomic E-state index is 10.8. The van der Waals surface area contributed by atoms with Crippen molar-refractivity contribution in [2.75, 3.05) is 6.54 Å². The smallest absolute Gasteiger partial charge is 0.320 e. The molecule has 6 nitrogen and oxygen atoms in total. The van der Waals surface area contributed by atoms with E-state index < -0.39 is 12.0 Å². The largest absolute Gasteiger partial charge is 0.480 e. The van der Waals surface area contributed by atoms with E-state index in [9.17, 15) is 4.79 Å². The minimum absolute atomic E-state index is 0.00432. The maximum Gasteiger partial charge on any atom is 0.320 e. The van der Waals surface area contributed by atoms with E-state index >= 15 is 0 Å². The number of hydrogen-bond donors (Lipinski definition) is 4. The predicted molar refractivity (Wildman–Crippen MR) is 75.5 cm³/mol. The molecule has 0 saturated carbocycles. The van der Waals surface area contributed by atoms with Crippen LogP contribution in [-0.2, 0) is 4.79 Å². The van der Waals surface area contributed by atoms with Gasteiger partial charge in [0.15, 0.2) is 0 Å². The molecule has 0 unspecified atom stereocenters. The molecule has 4 N–H and O–H groups in total. The molecule has 1 aliphatic heterocycles. The summed E-state index contributed by atoms with van der Waals surface area (Å²) in [7, 11) is 0. The highest BCUT2D eigenvalue weighted by molar-refractivity contribution is 6.32. The van der Waals surface area contributed by atoms with Crippen molar-refractivity contribution in [2.24, 2.45) is 5.11 Å². The average Bonchev–Trinajstić information content (AvgIpc) is 2.90. The summed E-state index contributed by atoms with van der Waals surface area (Å²) in [5.74, 6) is -0.852. The Balaban J connectivity index is 2.05. The molecule has 2 atom stereocenters. The predicted octanol–water partition coefficient (Wildman–Crippen LogP) is 2.07. The van der Waals surface area contributed by atoms with Gasteiger partial charge in [0.2, 0.25) is 0 Å². The van der Waals surface area contributed by atoms with Gasteiger partial charge in [0, 0.05) is 24.4 Å². The molecule has 0 spiro atoms. The Bertz CT molecular complexity index is 547. The van der Waals surface area contributed by atoms with Gasteiger partial charge in [-0.15, -0.1) is 0 Å². The minimum Gasteiger partial charge on any atom is -0.480 e. The van der Waals surface area contributed by atoms with Crippen molar-refractivity contribution >= 4 is 23.3 Å². The number of carboxylic acids is 1. The van der Waals surface area contributed by atoms with Gasteiger partial charge in [-0.2, -0.15) is 5.11 Å². The molecular weight excluding hydrogens is 280 g/mol. The quantitative estimate of drug-likeness (QED) is 0.625. The maximum absolute atomic E-state index is 10.8. The number of rotatable bonds is 5.